The number of alkyl halides is 3. The van der Waals surface area contributed by atoms with Crippen molar-refractivity contribution in [3.05, 3.63) is 0 Å². The fourth-order valence-electron chi connectivity index (χ4n) is 0.716. The zero-order valence-corrected chi connectivity index (χ0v) is 8.43. The summed E-state index contributed by atoms with van der Waals surface area (Å²) in [5.74, 6) is -0.624. The number of hydrogen-bond donors (Lipinski definition) is 2. The van der Waals surface area contributed by atoms with Crippen LogP contribution in [0.25, 0.3) is 0 Å². The average Bonchev–Trinajstić information content (AvgIpc) is 2.14. The van der Waals surface area contributed by atoms with Crippen LogP contribution in [0.4, 0.5) is 13.2 Å². The van der Waals surface area contributed by atoms with Gasteiger partial charge in [0.15, 0.2) is 0 Å². The maximum absolute atomic E-state index is 11.6. The Morgan fingerprint density at radius 2 is 2.13 bits per heavy atom. The number of carbonyl (C=O) groups excluding carboxylic acids is 1. The molecular weight excluding hydrogens is 213 g/mol. The summed E-state index contributed by atoms with van der Waals surface area (Å²) < 4.78 is 39.1. The number of amides is 1. The third-order valence-corrected chi connectivity index (χ3v) is 1.61. The smallest absolute Gasteiger partial charge is 0.370 e. The second-order valence-electron chi connectivity index (χ2n) is 3.10. The molecule has 0 aromatic heterocycles. The second kappa shape index (κ2) is 6.62. The van der Waals surface area contributed by atoms with Crippen LogP contribution in [0, 0.1) is 5.92 Å². The SMILES string of the molecule is CC(CN)C(=O)NCCOCC(F)(F)F. The minimum absolute atomic E-state index is 0.0548. The highest BCUT2D eigenvalue weighted by molar-refractivity contribution is 5.78. The normalized spacial score (nSPS) is 13.7. The molecule has 0 aromatic rings. The van der Waals surface area contributed by atoms with E-state index in [0.29, 0.717) is 0 Å². The van der Waals surface area contributed by atoms with Gasteiger partial charge in [-0.2, -0.15) is 13.2 Å². The molecule has 0 radical (unpaired) electrons. The van der Waals surface area contributed by atoms with E-state index in [-0.39, 0.29) is 31.5 Å². The molecule has 1 amide bonds. The summed E-state index contributed by atoms with van der Waals surface area (Å²) in [5.41, 5.74) is 5.22. The van der Waals surface area contributed by atoms with Crippen molar-refractivity contribution in [1.29, 1.82) is 0 Å². The number of ether oxygens (including phenoxy) is 1. The zero-order chi connectivity index (χ0) is 11.9. The molecule has 0 aromatic carbocycles. The molecule has 0 aliphatic heterocycles. The monoisotopic (exact) mass is 228 g/mol. The lowest BCUT2D eigenvalue weighted by Crippen LogP contribution is -2.35. The van der Waals surface area contributed by atoms with Crippen molar-refractivity contribution in [2.45, 2.75) is 13.1 Å². The van der Waals surface area contributed by atoms with Crippen molar-refractivity contribution in [3.63, 3.8) is 0 Å². The average molecular weight is 228 g/mol. The van der Waals surface area contributed by atoms with Crippen molar-refractivity contribution in [1.82, 2.24) is 5.32 Å². The molecule has 4 nitrogen and oxygen atoms in total. The van der Waals surface area contributed by atoms with Gasteiger partial charge in [-0.3, -0.25) is 4.79 Å². The van der Waals surface area contributed by atoms with Gasteiger partial charge in [0, 0.05) is 19.0 Å². The molecule has 0 saturated heterocycles. The third kappa shape index (κ3) is 8.19. The molecule has 0 rings (SSSR count). The summed E-state index contributed by atoms with van der Waals surface area (Å²) in [5, 5.41) is 2.41. The van der Waals surface area contributed by atoms with E-state index in [2.05, 4.69) is 10.1 Å². The lowest BCUT2D eigenvalue weighted by Gasteiger charge is -2.10. The first-order valence-electron chi connectivity index (χ1n) is 4.49. The van der Waals surface area contributed by atoms with Gasteiger partial charge >= 0.3 is 6.18 Å². The first-order chi connectivity index (χ1) is 6.87. The Kier molecular flexibility index (Phi) is 6.26. The zero-order valence-electron chi connectivity index (χ0n) is 8.43. The van der Waals surface area contributed by atoms with E-state index in [0.717, 1.165) is 0 Å². The molecule has 1 atom stereocenters. The van der Waals surface area contributed by atoms with E-state index in [9.17, 15) is 18.0 Å². The number of hydrogen-bond acceptors (Lipinski definition) is 3. The molecule has 90 valence electrons. The van der Waals surface area contributed by atoms with Crippen LogP contribution in [-0.4, -0.2) is 38.4 Å². The van der Waals surface area contributed by atoms with Crippen molar-refractivity contribution in [3.8, 4) is 0 Å². The van der Waals surface area contributed by atoms with Gasteiger partial charge in [0.1, 0.15) is 6.61 Å². The Labute approximate surface area is 86.0 Å². The van der Waals surface area contributed by atoms with Crippen molar-refractivity contribution in [2.24, 2.45) is 11.7 Å². The minimum Gasteiger partial charge on any atom is -0.370 e. The summed E-state index contributed by atoms with van der Waals surface area (Å²) in [7, 11) is 0. The highest BCUT2D eigenvalue weighted by Gasteiger charge is 2.27. The Hall–Kier alpha value is -0.820. The summed E-state index contributed by atoms with van der Waals surface area (Å²) in [6.45, 7) is 0.429. The Morgan fingerprint density at radius 1 is 1.53 bits per heavy atom. The molecule has 0 heterocycles. The number of nitrogens with two attached hydrogens (primary N) is 1. The number of halogens is 3. The van der Waals surface area contributed by atoms with Crippen LogP contribution in [0.2, 0.25) is 0 Å². The van der Waals surface area contributed by atoms with Crippen LogP contribution < -0.4 is 11.1 Å². The first kappa shape index (κ1) is 14.2. The fourth-order valence-corrected chi connectivity index (χ4v) is 0.716. The Morgan fingerprint density at radius 3 is 2.60 bits per heavy atom. The van der Waals surface area contributed by atoms with Gasteiger partial charge in [0.05, 0.1) is 6.61 Å². The summed E-state index contributed by atoms with van der Waals surface area (Å²) >= 11 is 0. The van der Waals surface area contributed by atoms with Crippen LogP contribution in [0.5, 0.6) is 0 Å². The van der Waals surface area contributed by atoms with Gasteiger partial charge < -0.3 is 15.8 Å². The van der Waals surface area contributed by atoms with Crippen molar-refractivity contribution >= 4 is 5.91 Å². The lowest BCUT2D eigenvalue weighted by atomic mass is 10.2. The van der Waals surface area contributed by atoms with Gasteiger partial charge in [-0.15, -0.1) is 0 Å². The summed E-state index contributed by atoms with van der Waals surface area (Å²) in [4.78, 5) is 11.1. The Bertz CT molecular complexity index is 197. The molecule has 1 unspecified atom stereocenters. The first-order valence-corrected chi connectivity index (χ1v) is 4.49. The van der Waals surface area contributed by atoms with Gasteiger partial charge in [-0.1, -0.05) is 6.92 Å². The molecule has 0 fully saturated rings. The molecule has 15 heavy (non-hydrogen) atoms. The van der Waals surface area contributed by atoms with E-state index in [4.69, 9.17) is 5.73 Å². The lowest BCUT2D eigenvalue weighted by molar-refractivity contribution is -0.173. The van der Waals surface area contributed by atoms with Crippen molar-refractivity contribution < 1.29 is 22.7 Å². The second-order valence-corrected chi connectivity index (χ2v) is 3.10. The molecule has 0 saturated carbocycles. The predicted octanol–water partition coefficient (Wildman–Crippen LogP) is 0.276. The van der Waals surface area contributed by atoms with E-state index in [1.807, 2.05) is 0 Å². The van der Waals surface area contributed by atoms with E-state index in [1.165, 1.54) is 0 Å². The standard InChI is InChI=1S/C8H15F3N2O2/c1-6(4-12)7(14)13-2-3-15-5-8(9,10)11/h6H,2-5,12H2,1H3,(H,13,14). The van der Waals surface area contributed by atoms with Gasteiger partial charge in [-0.05, 0) is 0 Å². The minimum atomic E-state index is -4.32. The van der Waals surface area contributed by atoms with E-state index in [1.54, 1.807) is 6.92 Å². The maximum Gasteiger partial charge on any atom is 0.411 e. The largest absolute Gasteiger partial charge is 0.411 e. The van der Waals surface area contributed by atoms with E-state index < -0.39 is 12.8 Å². The summed E-state index contributed by atoms with van der Waals surface area (Å²) in [6.07, 6.45) is -4.32. The highest BCUT2D eigenvalue weighted by atomic mass is 19.4. The fraction of sp³-hybridized carbons (Fsp3) is 0.875. The molecule has 0 spiro atoms. The predicted molar refractivity (Wildman–Crippen MR) is 48.1 cm³/mol. The summed E-state index contributed by atoms with van der Waals surface area (Å²) in [6, 6.07) is 0. The number of nitrogens with one attached hydrogen (secondary N) is 1. The molecule has 3 N–H and O–H groups in total. The Balaban J connectivity index is 3.43. The molecule has 7 heteroatoms. The van der Waals surface area contributed by atoms with Crippen LogP contribution in [-0.2, 0) is 9.53 Å². The molecule has 0 aliphatic rings. The van der Waals surface area contributed by atoms with Crippen LogP contribution in [0.1, 0.15) is 6.92 Å². The molecular formula is C8H15F3N2O2. The van der Waals surface area contributed by atoms with Crippen molar-refractivity contribution in [2.75, 3.05) is 26.3 Å². The van der Waals surface area contributed by atoms with Gasteiger partial charge in [-0.25, -0.2) is 0 Å². The number of carbonyl (C=O) groups is 1. The quantitative estimate of drug-likeness (QED) is 0.642. The molecule has 0 bridgehead atoms. The third-order valence-electron chi connectivity index (χ3n) is 1.61. The molecule has 0 aliphatic carbocycles. The van der Waals surface area contributed by atoms with Crippen LogP contribution in [0.15, 0.2) is 0 Å². The van der Waals surface area contributed by atoms with E-state index >= 15 is 0 Å². The highest BCUT2D eigenvalue weighted by Crippen LogP contribution is 2.13. The van der Waals surface area contributed by atoms with Gasteiger partial charge in [0.2, 0.25) is 5.91 Å². The van der Waals surface area contributed by atoms with Crippen LogP contribution >= 0.6 is 0 Å². The topological polar surface area (TPSA) is 64.4 Å². The van der Waals surface area contributed by atoms with Gasteiger partial charge in [0.25, 0.3) is 0 Å². The van der Waals surface area contributed by atoms with Crippen LogP contribution in [0.3, 0.4) is 0 Å². The maximum atomic E-state index is 11.6. The number of rotatable bonds is 6.